The first-order chi connectivity index (χ1) is 11.7. The third kappa shape index (κ3) is 2.87. The number of ether oxygens (including phenoxy) is 3. The van der Waals surface area contributed by atoms with Gasteiger partial charge in [-0.3, -0.25) is 0 Å². The smallest absolute Gasteiger partial charge is 0.230 e. The lowest BCUT2D eigenvalue weighted by atomic mass is 10.1. The summed E-state index contributed by atoms with van der Waals surface area (Å²) in [4.78, 5) is 4.55. The zero-order chi connectivity index (χ0) is 17.1. The van der Waals surface area contributed by atoms with Crippen molar-refractivity contribution in [3.8, 4) is 17.2 Å². The monoisotopic (exact) mass is 347 g/mol. The van der Waals surface area contributed by atoms with Gasteiger partial charge in [0.25, 0.3) is 0 Å². The van der Waals surface area contributed by atoms with Crippen molar-refractivity contribution in [1.29, 1.82) is 0 Å². The highest BCUT2D eigenvalue weighted by Gasteiger charge is 2.18. The SMILES string of the molecule is COc1c2ccoc2nc2c(OC)c(OC/C=C(/C)CCl)ccc12. The molecule has 0 fully saturated rings. The maximum atomic E-state index is 5.80. The minimum atomic E-state index is 0.403. The lowest BCUT2D eigenvalue weighted by Crippen LogP contribution is -1.99. The molecule has 0 aliphatic rings. The number of pyridine rings is 1. The molecule has 2 aromatic heterocycles. The molecule has 0 atom stereocenters. The summed E-state index contributed by atoms with van der Waals surface area (Å²) in [6, 6.07) is 5.59. The van der Waals surface area contributed by atoms with Crippen LogP contribution in [0.1, 0.15) is 6.92 Å². The van der Waals surface area contributed by atoms with Gasteiger partial charge in [0.1, 0.15) is 17.9 Å². The van der Waals surface area contributed by atoms with E-state index in [-0.39, 0.29) is 0 Å². The Morgan fingerprint density at radius 2 is 1.96 bits per heavy atom. The van der Waals surface area contributed by atoms with Crippen LogP contribution in [0.3, 0.4) is 0 Å². The van der Waals surface area contributed by atoms with Gasteiger partial charge in [-0.2, -0.15) is 0 Å². The fraction of sp³-hybridized carbons (Fsp3) is 0.278. The van der Waals surface area contributed by atoms with Gasteiger partial charge in [-0.25, -0.2) is 4.98 Å². The van der Waals surface area contributed by atoms with Crippen LogP contribution in [-0.4, -0.2) is 31.7 Å². The standard InChI is InChI=1S/C18H18ClNO4/c1-11(10-19)6-8-23-14-5-4-12-15(17(14)22-3)20-18-13(7-9-24-18)16(12)21-2/h4-7,9H,8,10H2,1-3H3/b11-6-. The number of aromatic nitrogens is 1. The van der Waals surface area contributed by atoms with E-state index in [4.69, 9.17) is 30.2 Å². The highest BCUT2D eigenvalue weighted by atomic mass is 35.5. The number of halogens is 1. The topological polar surface area (TPSA) is 53.7 Å². The summed E-state index contributed by atoms with van der Waals surface area (Å²) in [5, 5.41) is 1.66. The third-order valence-corrected chi connectivity index (χ3v) is 4.15. The molecule has 3 aromatic rings. The molecule has 0 spiro atoms. The van der Waals surface area contributed by atoms with E-state index >= 15 is 0 Å². The summed E-state index contributed by atoms with van der Waals surface area (Å²) in [7, 11) is 3.21. The zero-order valence-corrected chi connectivity index (χ0v) is 14.5. The Morgan fingerprint density at radius 3 is 2.67 bits per heavy atom. The zero-order valence-electron chi connectivity index (χ0n) is 13.8. The molecule has 2 heterocycles. The maximum absolute atomic E-state index is 5.80. The molecule has 0 bridgehead atoms. The van der Waals surface area contributed by atoms with Crippen LogP contribution in [0, 0.1) is 0 Å². The normalized spacial score (nSPS) is 11.9. The molecule has 1 aromatic carbocycles. The maximum Gasteiger partial charge on any atom is 0.230 e. The van der Waals surface area contributed by atoms with Crippen LogP contribution in [0.25, 0.3) is 22.0 Å². The minimum absolute atomic E-state index is 0.403. The van der Waals surface area contributed by atoms with Gasteiger partial charge in [-0.1, -0.05) is 5.57 Å². The second-order valence-corrected chi connectivity index (χ2v) is 5.54. The van der Waals surface area contributed by atoms with Gasteiger partial charge in [0.15, 0.2) is 11.5 Å². The van der Waals surface area contributed by atoms with E-state index in [1.54, 1.807) is 20.5 Å². The molecule has 3 rings (SSSR count). The molecule has 0 radical (unpaired) electrons. The Morgan fingerprint density at radius 1 is 1.17 bits per heavy atom. The molecular formula is C18H18ClNO4. The van der Waals surface area contributed by atoms with E-state index in [1.807, 2.05) is 31.2 Å². The summed E-state index contributed by atoms with van der Waals surface area (Å²) >= 11 is 5.77. The Bertz CT molecular complexity index is 901. The van der Waals surface area contributed by atoms with Crippen LogP contribution in [0.4, 0.5) is 0 Å². The van der Waals surface area contributed by atoms with Crippen LogP contribution < -0.4 is 14.2 Å². The number of allylic oxidation sites excluding steroid dienone is 1. The van der Waals surface area contributed by atoms with Crippen molar-refractivity contribution in [2.24, 2.45) is 0 Å². The van der Waals surface area contributed by atoms with Crippen molar-refractivity contribution in [3.05, 3.63) is 36.1 Å². The van der Waals surface area contributed by atoms with Crippen LogP contribution in [0.15, 0.2) is 40.5 Å². The largest absolute Gasteiger partial charge is 0.495 e. The van der Waals surface area contributed by atoms with E-state index in [2.05, 4.69) is 4.98 Å². The van der Waals surface area contributed by atoms with E-state index in [0.29, 0.717) is 41.0 Å². The van der Waals surface area contributed by atoms with E-state index in [0.717, 1.165) is 16.3 Å². The Labute approximate surface area is 144 Å². The number of methoxy groups -OCH3 is 2. The second-order valence-electron chi connectivity index (χ2n) is 5.27. The number of hydrogen-bond acceptors (Lipinski definition) is 5. The molecule has 0 aliphatic heterocycles. The van der Waals surface area contributed by atoms with Crippen LogP contribution in [0.2, 0.25) is 0 Å². The number of alkyl halides is 1. The summed E-state index contributed by atoms with van der Waals surface area (Å²) in [6.45, 7) is 2.36. The molecule has 24 heavy (non-hydrogen) atoms. The first kappa shape index (κ1) is 16.5. The van der Waals surface area contributed by atoms with Gasteiger partial charge in [0.2, 0.25) is 5.71 Å². The quantitative estimate of drug-likeness (QED) is 0.483. The molecule has 0 saturated carbocycles. The second kappa shape index (κ2) is 7.01. The minimum Gasteiger partial charge on any atom is -0.495 e. The number of rotatable bonds is 6. The van der Waals surface area contributed by atoms with Crippen LogP contribution in [-0.2, 0) is 0 Å². The van der Waals surface area contributed by atoms with Gasteiger partial charge >= 0.3 is 0 Å². The molecule has 0 N–H and O–H groups in total. The number of nitrogens with zero attached hydrogens (tertiary/aromatic N) is 1. The van der Waals surface area contributed by atoms with Crippen molar-refractivity contribution in [2.75, 3.05) is 26.7 Å². The van der Waals surface area contributed by atoms with Gasteiger partial charge in [-0.05, 0) is 31.2 Å². The Balaban J connectivity index is 2.11. The van der Waals surface area contributed by atoms with E-state index < -0.39 is 0 Å². The van der Waals surface area contributed by atoms with Gasteiger partial charge in [-0.15, -0.1) is 11.6 Å². The lowest BCUT2D eigenvalue weighted by molar-refractivity contribution is 0.328. The van der Waals surface area contributed by atoms with Gasteiger partial charge in [0.05, 0.1) is 25.9 Å². The van der Waals surface area contributed by atoms with Crippen molar-refractivity contribution < 1.29 is 18.6 Å². The highest BCUT2D eigenvalue weighted by Crippen LogP contribution is 2.41. The molecule has 5 nitrogen and oxygen atoms in total. The molecular weight excluding hydrogens is 330 g/mol. The van der Waals surface area contributed by atoms with Crippen LogP contribution in [0.5, 0.6) is 17.2 Å². The molecule has 0 aliphatic carbocycles. The third-order valence-electron chi connectivity index (χ3n) is 3.73. The predicted molar refractivity (Wildman–Crippen MR) is 94.6 cm³/mol. The number of furan rings is 1. The fourth-order valence-electron chi connectivity index (χ4n) is 2.51. The first-order valence-corrected chi connectivity index (χ1v) is 7.99. The van der Waals surface area contributed by atoms with Crippen molar-refractivity contribution in [3.63, 3.8) is 0 Å². The van der Waals surface area contributed by atoms with Crippen molar-refractivity contribution in [1.82, 2.24) is 4.98 Å². The molecule has 0 saturated heterocycles. The Hall–Kier alpha value is -2.40. The molecule has 0 unspecified atom stereocenters. The van der Waals surface area contributed by atoms with Crippen molar-refractivity contribution in [2.45, 2.75) is 6.92 Å². The number of hydrogen-bond donors (Lipinski definition) is 0. The average Bonchev–Trinajstić information content (AvgIpc) is 3.07. The van der Waals surface area contributed by atoms with Gasteiger partial charge < -0.3 is 18.6 Å². The van der Waals surface area contributed by atoms with Crippen LogP contribution >= 0.6 is 11.6 Å². The Kier molecular flexibility index (Phi) is 4.81. The number of benzene rings is 1. The fourth-order valence-corrected chi connectivity index (χ4v) is 2.62. The summed E-state index contributed by atoms with van der Waals surface area (Å²) in [5.41, 5.74) is 2.17. The first-order valence-electron chi connectivity index (χ1n) is 7.46. The molecule has 0 amide bonds. The van der Waals surface area contributed by atoms with E-state index in [9.17, 15) is 0 Å². The predicted octanol–water partition coefficient (Wildman–Crippen LogP) is 4.56. The summed E-state index contributed by atoms with van der Waals surface area (Å²) in [6.07, 6.45) is 3.52. The number of fused-ring (bicyclic) bond motifs is 2. The average molecular weight is 348 g/mol. The lowest BCUT2D eigenvalue weighted by Gasteiger charge is -2.13. The van der Waals surface area contributed by atoms with Crippen molar-refractivity contribution >= 4 is 33.6 Å². The molecule has 6 heteroatoms. The summed E-state index contributed by atoms with van der Waals surface area (Å²) < 4.78 is 22.3. The molecule has 126 valence electrons. The summed E-state index contributed by atoms with van der Waals surface area (Å²) in [5.74, 6) is 2.32. The van der Waals surface area contributed by atoms with Gasteiger partial charge in [0, 0.05) is 11.3 Å². The highest BCUT2D eigenvalue weighted by molar-refractivity contribution is 6.19. The van der Waals surface area contributed by atoms with E-state index in [1.165, 1.54) is 0 Å².